The van der Waals surface area contributed by atoms with E-state index < -0.39 is 20.8 Å². The van der Waals surface area contributed by atoms with Crippen molar-refractivity contribution in [2.24, 2.45) is 0 Å². The van der Waals surface area contributed by atoms with Crippen LogP contribution in [0.1, 0.15) is 109 Å². The van der Waals surface area contributed by atoms with Crippen LogP contribution in [-0.2, 0) is 10.1 Å². The second-order valence-electron chi connectivity index (χ2n) is 8.12. The number of aromatic hydroxyl groups is 2. The molecule has 0 unspecified atom stereocenters. The predicted molar refractivity (Wildman–Crippen MR) is 122 cm³/mol. The third-order valence-corrected chi connectivity index (χ3v) is 6.27. The maximum atomic E-state index is 11.0. The van der Waals surface area contributed by atoms with Gasteiger partial charge in [0.25, 0.3) is 0 Å². The van der Waals surface area contributed by atoms with E-state index in [2.05, 4.69) is 6.92 Å². The van der Waals surface area contributed by atoms with E-state index in [0.717, 1.165) is 31.4 Å². The highest BCUT2D eigenvalue weighted by Gasteiger charge is 2.12. The summed E-state index contributed by atoms with van der Waals surface area (Å²) < 4.78 is 33.0. The summed E-state index contributed by atoms with van der Waals surface area (Å²) in [5, 5.41) is 19.5. The molecule has 0 amide bonds. The first-order valence-electron chi connectivity index (χ1n) is 11.5. The number of phenols is 2. The molecule has 1 rings (SSSR count). The summed E-state index contributed by atoms with van der Waals surface area (Å²) in [6.45, 7) is 2.25. The van der Waals surface area contributed by atoms with Gasteiger partial charge in [0.2, 0.25) is 0 Å². The Kier molecular flexibility index (Phi) is 13.5. The van der Waals surface area contributed by atoms with Crippen LogP contribution in [0, 0.1) is 0 Å². The lowest BCUT2D eigenvalue weighted by atomic mass is 10.0. The van der Waals surface area contributed by atoms with Crippen molar-refractivity contribution in [1.82, 2.24) is 0 Å². The minimum atomic E-state index is -4.81. The maximum absolute atomic E-state index is 11.0. The smallest absolute Gasteiger partial charge is 0.133 e. The Bertz CT molecular complexity index is 725. The lowest BCUT2D eigenvalue weighted by Crippen LogP contribution is -1.99. The third kappa shape index (κ3) is 11.6. The Morgan fingerprint density at radius 2 is 1.23 bits per heavy atom. The minimum Gasteiger partial charge on any atom is -0.744 e. The van der Waals surface area contributed by atoms with Crippen LogP contribution >= 0.6 is 0 Å². The summed E-state index contributed by atoms with van der Waals surface area (Å²) in [7, 11) is -4.81. The molecule has 172 valence electrons. The van der Waals surface area contributed by atoms with Crippen molar-refractivity contribution in [2.75, 3.05) is 0 Å². The minimum absolute atomic E-state index is 0.297. The van der Waals surface area contributed by atoms with Gasteiger partial charge in [0, 0.05) is 11.6 Å². The molecule has 0 heterocycles. The summed E-state index contributed by atoms with van der Waals surface area (Å²) in [6.07, 6.45) is 22.8. The van der Waals surface area contributed by atoms with E-state index in [9.17, 15) is 23.2 Å². The molecule has 0 saturated heterocycles. The van der Waals surface area contributed by atoms with Gasteiger partial charge in [-0.3, -0.25) is 0 Å². The lowest BCUT2D eigenvalue weighted by Gasteiger charge is -2.11. The molecule has 1 aromatic carbocycles. The van der Waals surface area contributed by atoms with Crippen LogP contribution in [0.5, 0.6) is 11.5 Å². The zero-order valence-electron chi connectivity index (χ0n) is 18.4. The van der Waals surface area contributed by atoms with Crippen molar-refractivity contribution >= 4 is 16.2 Å². The molecular weight excluding hydrogens is 400 g/mol. The maximum Gasteiger partial charge on any atom is 0.133 e. The molecule has 0 spiro atoms. The van der Waals surface area contributed by atoms with Crippen LogP contribution in [0.2, 0.25) is 0 Å². The SMILES string of the molecule is CCCCCCCCCCCCCCCC/C=C/c1cc(O)c(S(=O)(=O)[O-])cc1O. The normalized spacial score (nSPS) is 12.1. The number of rotatable bonds is 17. The van der Waals surface area contributed by atoms with Gasteiger partial charge < -0.3 is 14.8 Å². The summed E-state index contributed by atoms with van der Waals surface area (Å²) in [5.41, 5.74) is 0.297. The fourth-order valence-electron chi connectivity index (χ4n) is 3.57. The van der Waals surface area contributed by atoms with Crippen molar-refractivity contribution < 1.29 is 23.2 Å². The molecular formula is C24H39O5S-. The van der Waals surface area contributed by atoms with E-state index in [1.165, 1.54) is 77.0 Å². The van der Waals surface area contributed by atoms with Gasteiger partial charge in [0.1, 0.15) is 21.6 Å². The van der Waals surface area contributed by atoms with Crippen molar-refractivity contribution in [2.45, 2.75) is 108 Å². The molecule has 0 fully saturated rings. The number of hydrogen-bond acceptors (Lipinski definition) is 5. The average Bonchev–Trinajstić information content (AvgIpc) is 2.69. The Morgan fingerprint density at radius 3 is 1.70 bits per heavy atom. The summed E-state index contributed by atoms with van der Waals surface area (Å²) in [6, 6.07) is 1.89. The standard InChI is InChI=1S/C24H40O5S/c1-2-3-4-5-6-7-8-9-10-11-12-13-14-15-16-17-18-21-19-23(26)24(20-22(21)25)30(27,28)29/h17-20,25-26H,2-16H2,1H3,(H,27,28,29)/p-1/b18-17+. The second-order valence-corrected chi connectivity index (χ2v) is 9.47. The first-order valence-corrected chi connectivity index (χ1v) is 13.0. The first kappa shape index (κ1) is 26.5. The molecule has 0 atom stereocenters. The molecule has 0 saturated carbocycles. The second kappa shape index (κ2) is 15.3. The van der Waals surface area contributed by atoms with Crippen molar-refractivity contribution in [1.29, 1.82) is 0 Å². The fourth-order valence-corrected chi connectivity index (χ4v) is 4.15. The summed E-state index contributed by atoms with van der Waals surface area (Å²) in [4.78, 5) is -0.802. The van der Waals surface area contributed by atoms with Gasteiger partial charge in [-0.15, -0.1) is 0 Å². The van der Waals surface area contributed by atoms with Crippen LogP contribution in [0.25, 0.3) is 6.08 Å². The molecule has 0 aromatic heterocycles. The third-order valence-electron chi connectivity index (χ3n) is 5.40. The van der Waals surface area contributed by atoms with Crippen LogP contribution in [-0.4, -0.2) is 23.2 Å². The highest BCUT2D eigenvalue weighted by Crippen LogP contribution is 2.31. The summed E-state index contributed by atoms with van der Waals surface area (Å²) >= 11 is 0. The highest BCUT2D eigenvalue weighted by molar-refractivity contribution is 7.85. The van der Waals surface area contributed by atoms with Gasteiger partial charge in [0.05, 0.1) is 4.90 Å². The number of phenolic OH excluding ortho intramolecular Hbond substituents is 2. The van der Waals surface area contributed by atoms with Gasteiger partial charge in [0.15, 0.2) is 0 Å². The Labute approximate surface area is 183 Å². The predicted octanol–water partition coefficient (Wildman–Crippen LogP) is 6.89. The van der Waals surface area contributed by atoms with Gasteiger partial charge in [-0.25, -0.2) is 8.42 Å². The van der Waals surface area contributed by atoms with Gasteiger partial charge in [-0.1, -0.05) is 103 Å². The van der Waals surface area contributed by atoms with Crippen molar-refractivity contribution in [3.8, 4) is 11.5 Å². The molecule has 6 heteroatoms. The number of allylic oxidation sites excluding steroid dienone is 1. The topological polar surface area (TPSA) is 97.7 Å². The highest BCUT2D eigenvalue weighted by atomic mass is 32.2. The van der Waals surface area contributed by atoms with E-state index in [0.29, 0.717) is 5.56 Å². The van der Waals surface area contributed by atoms with Gasteiger partial charge in [-0.05, 0) is 18.9 Å². The Hall–Kier alpha value is -1.53. The van der Waals surface area contributed by atoms with Crippen molar-refractivity contribution in [3.63, 3.8) is 0 Å². The fraction of sp³-hybridized carbons (Fsp3) is 0.667. The molecule has 0 aliphatic rings. The molecule has 30 heavy (non-hydrogen) atoms. The first-order chi connectivity index (χ1) is 14.4. The van der Waals surface area contributed by atoms with Crippen LogP contribution in [0.15, 0.2) is 23.1 Å². The number of benzene rings is 1. The molecule has 0 radical (unpaired) electrons. The molecule has 0 aliphatic heterocycles. The van der Waals surface area contributed by atoms with E-state index in [1.54, 1.807) is 6.08 Å². The van der Waals surface area contributed by atoms with E-state index in [4.69, 9.17) is 0 Å². The van der Waals surface area contributed by atoms with Crippen LogP contribution < -0.4 is 0 Å². The zero-order valence-corrected chi connectivity index (χ0v) is 19.3. The van der Waals surface area contributed by atoms with Crippen molar-refractivity contribution in [3.05, 3.63) is 23.8 Å². The average molecular weight is 440 g/mol. The molecule has 2 N–H and O–H groups in total. The number of unbranched alkanes of at least 4 members (excludes halogenated alkanes) is 14. The molecule has 0 aliphatic carbocycles. The van der Waals surface area contributed by atoms with Crippen LogP contribution in [0.3, 0.4) is 0 Å². The lowest BCUT2D eigenvalue weighted by molar-refractivity contribution is 0.426. The van der Waals surface area contributed by atoms with E-state index >= 15 is 0 Å². The van der Waals surface area contributed by atoms with Gasteiger partial charge in [-0.2, -0.15) is 0 Å². The number of hydrogen-bond donors (Lipinski definition) is 2. The molecule has 1 aromatic rings. The van der Waals surface area contributed by atoms with E-state index in [-0.39, 0.29) is 5.75 Å². The molecule has 5 nitrogen and oxygen atoms in total. The monoisotopic (exact) mass is 439 g/mol. The quantitative estimate of drug-likeness (QED) is 0.156. The largest absolute Gasteiger partial charge is 0.744 e. The summed E-state index contributed by atoms with van der Waals surface area (Å²) in [5.74, 6) is -0.974. The van der Waals surface area contributed by atoms with Gasteiger partial charge >= 0.3 is 0 Å². The zero-order chi connectivity index (χ0) is 22.2. The Balaban J connectivity index is 2.07. The molecule has 0 bridgehead atoms. The Morgan fingerprint density at radius 1 is 0.767 bits per heavy atom. The van der Waals surface area contributed by atoms with E-state index in [1.807, 2.05) is 6.08 Å². The van der Waals surface area contributed by atoms with Crippen LogP contribution in [0.4, 0.5) is 0 Å².